The highest BCUT2D eigenvalue weighted by Crippen LogP contribution is 2.32. The van der Waals surface area contributed by atoms with Crippen molar-refractivity contribution in [1.29, 1.82) is 0 Å². The Labute approximate surface area is 172 Å². The summed E-state index contributed by atoms with van der Waals surface area (Å²) in [5.41, 5.74) is 1.74. The van der Waals surface area contributed by atoms with Crippen molar-refractivity contribution in [2.75, 3.05) is 26.8 Å². The molecule has 0 radical (unpaired) electrons. The monoisotopic (exact) mass is 402 g/mol. The summed E-state index contributed by atoms with van der Waals surface area (Å²) < 4.78 is 5.05. The molecule has 1 aliphatic carbocycles. The number of H-pyrrole nitrogens is 1. The number of nitrogens with zero attached hydrogens (tertiary/aromatic N) is 3. The molecule has 0 spiro atoms. The largest absolute Gasteiger partial charge is 0.384 e. The molecular weight excluding hydrogens is 368 g/mol. The highest BCUT2D eigenvalue weighted by molar-refractivity contribution is 5.77. The van der Waals surface area contributed by atoms with E-state index < -0.39 is 0 Å². The summed E-state index contributed by atoms with van der Waals surface area (Å²) in [6.07, 6.45) is 8.04. The fraction of sp³-hybridized carbons (Fsp3) is 0.773. The normalized spacial score (nSPS) is 27.8. The standard InChI is InChI=1S/C22H34N4O3/c1-15-5-7-16(8-6-15)25-12-9-18-17(14-25)22(28)24-21(23-18)19-4-3-11-26(19)20(27)10-13-29-2/h15-16,19H,3-14H2,1-2H3,(H,23,24,28). The molecular formula is C22H34N4O3. The number of fused-ring (bicyclic) bond motifs is 1. The molecule has 7 nitrogen and oxygen atoms in total. The Morgan fingerprint density at radius 2 is 2.00 bits per heavy atom. The van der Waals surface area contributed by atoms with Crippen LogP contribution in [-0.4, -0.2) is 58.5 Å². The third-order valence-corrected chi connectivity index (χ3v) is 7.03. The number of rotatable bonds is 5. The van der Waals surface area contributed by atoms with Gasteiger partial charge in [0.15, 0.2) is 0 Å². The van der Waals surface area contributed by atoms with Crippen molar-refractivity contribution in [1.82, 2.24) is 19.8 Å². The van der Waals surface area contributed by atoms with Crippen LogP contribution in [0.5, 0.6) is 0 Å². The summed E-state index contributed by atoms with van der Waals surface area (Å²) >= 11 is 0. The molecule has 1 unspecified atom stereocenters. The SMILES string of the molecule is COCCC(=O)N1CCCC1c1nc2c(c(=O)[nH]1)CN(C1CCC(C)CC1)CC2. The first-order valence-electron chi connectivity index (χ1n) is 11.2. The maximum atomic E-state index is 12.9. The maximum absolute atomic E-state index is 12.9. The second-order valence-electron chi connectivity index (χ2n) is 9.00. The molecule has 1 aromatic rings. The van der Waals surface area contributed by atoms with Gasteiger partial charge in [-0.1, -0.05) is 6.92 Å². The Bertz CT molecular complexity index is 785. The second-order valence-corrected chi connectivity index (χ2v) is 9.00. The number of likely N-dealkylation sites (tertiary alicyclic amines) is 1. The lowest BCUT2D eigenvalue weighted by molar-refractivity contribution is -0.133. The minimum Gasteiger partial charge on any atom is -0.384 e. The summed E-state index contributed by atoms with van der Waals surface area (Å²) in [5.74, 6) is 1.57. The molecule has 1 N–H and O–H groups in total. The summed E-state index contributed by atoms with van der Waals surface area (Å²) in [6, 6.07) is 0.484. The molecule has 1 saturated carbocycles. The van der Waals surface area contributed by atoms with E-state index in [0.717, 1.165) is 49.5 Å². The van der Waals surface area contributed by atoms with Crippen LogP contribution >= 0.6 is 0 Å². The molecule has 4 rings (SSSR count). The number of carbonyl (C=O) groups is 1. The predicted octanol–water partition coefficient (Wildman–Crippen LogP) is 2.41. The van der Waals surface area contributed by atoms with E-state index in [-0.39, 0.29) is 17.5 Å². The second kappa shape index (κ2) is 8.96. The number of nitrogens with one attached hydrogen (secondary N) is 1. The van der Waals surface area contributed by atoms with Gasteiger partial charge in [-0.3, -0.25) is 14.5 Å². The molecule has 3 heterocycles. The molecule has 1 aromatic heterocycles. The molecule has 0 bridgehead atoms. The van der Waals surface area contributed by atoms with Crippen LogP contribution in [0.4, 0.5) is 0 Å². The Morgan fingerprint density at radius 3 is 2.76 bits per heavy atom. The molecule has 160 valence electrons. The van der Waals surface area contributed by atoms with Crippen LogP contribution in [0.2, 0.25) is 0 Å². The van der Waals surface area contributed by atoms with Gasteiger partial charge in [0.2, 0.25) is 5.91 Å². The van der Waals surface area contributed by atoms with Crippen LogP contribution in [0.15, 0.2) is 4.79 Å². The highest BCUT2D eigenvalue weighted by atomic mass is 16.5. The zero-order valence-electron chi connectivity index (χ0n) is 17.8. The molecule has 1 saturated heterocycles. The lowest BCUT2D eigenvalue weighted by atomic mass is 9.86. The van der Waals surface area contributed by atoms with E-state index in [2.05, 4.69) is 16.8 Å². The third-order valence-electron chi connectivity index (χ3n) is 7.03. The molecule has 7 heteroatoms. The summed E-state index contributed by atoms with van der Waals surface area (Å²) in [5, 5.41) is 0. The molecule has 2 fully saturated rings. The van der Waals surface area contributed by atoms with Gasteiger partial charge in [-0.2, -0.15) is 0 Å². The van der Waals surface area contributed by atoms with Crippen molar-refractivity contribution in [3.8, 4) is 0 Å². The average molecular weight is 403 g/mol. The van der Waals surface area contributed by atoms with Crippen molar-refractivity contribution < 1.29 is 9.53 Å². The van der Waals surface area contributed by atoms with E-state index in [1.165, 1.54) is 25.7 Å². The summed E-state index contributed by atoms with van der Waals surface area (Å²) in [6.45, 7) is 5.17. The number of methoxy groups -OCH3 is 1. The van der Waals surface area contributed by atoms with E-state index in [1.54, 1.807) is 7.11 Å². The summed E-state index contributed by atoms with van der Waals surface area (Å²) in [4.78, 5) is 37.7. The van der Waals surface area contributed by atoms with E-state index in [4.69, 9.17) is 9.72 Å². The van der Waals surface area contributed by atoms with Crippen LogP contribution in [0.1, 0.15) is 75.0 Å². The zero-order valence-corrected chi connectivity index (χ0v) is 17.8. The van der Waals surface area contributed by atoms with Crippen molar-refractivity contribution in [3.63, 3.8) is 0 Å². The number of hydrogen-bond donors (Lipinski definition) is 1. The number of hydrogen-bond acceptors (Lipinski definition) is 5. The first kappa shape index (κ1) is 20.5. The third kappa shape index (κ3) is 4.40. The Balaban J connectivity index is 1.49. The Kier molecular flexibility index (Phi) is 6.35. The van der Waals surface area contributed by atoms with Crippen molar-refractivity contribution in [2.24, 2.45) is 5.92 Å². The molecule has 3 aliphatic rings. The highest BCUT2D eigenvalue weighted by Gasteiger charge is 2.34. The van der Waals surface area contributed by atoms with Crippen molar-refractivity contribution >= 4 is 5.91 Å². The van der Waals surface area contributed by atoms with Gasteiger partial charge in [0, 0.05) is 39.2 Å². The van der Waals surface area contributed by atoms with Gasteiger partial charge < -0.3 is 14.6 Å². The number of aromatic amines is 1. The first-order chi connectivity index (χ1) is 14.1. The minimum atomic E-state index is -0.116. The van der Waals surface area contributed by atoms with Gasteiger partial charge in [-0.25, -0.2) is 4.98 Å². The van der Waals surface area contributed by atoms with Crippen LogP contribution in [-0.2, 0) is 22.5 Å². The van der Waals surface area contributed by atoms with Gasteiger partial charge in [0.25, 0.3) is 5.56 Å². The molecule has 0 aromatic carbocycles. The van der Waals surface area contributed by atoms with Gasteiger partial charge in [0.1, 0.15) is 5.82 Å². The molecule has 2 aliphatic heterocycles. The van der Waals surface area contributed by atoms with E-state index in [0.29, 0.717) is 31.4 Å². The van der Waals surface area contributed by atoms with E-state index >= 15 is 0 Å². The minimum absolute atomic E-state index is 0.0185. The van der Waals surface area contributed by atoms with Crippen molar-refractivity contribution in [2.45, 2.75) is 76.9 Å². The number of carbonyl (C=O) groups excluding carboxylic acids is 1. The molecule has 1 atom stereocenters. The molecule has 29 heavy (non-hydrogen) atoms. The quantitative estimate of drug-likeness (QED) is 0.818. The zero-order chi connectivity index (χ0) is 20.4. The fourth-order valence-corrected chi connectivity index (χ4v) is 5.22. The lowest BCUT2D eigenvalue weighted by Crippen LogP contribution is -2.44. The smallest absolute Gasteiger partial charge is 0.255 e. The van der Waals surface area contributed by atoms with Crippen LogP contribution < -0.4 is 5.56 Å². The maximum Gasteiger partial charge on any atom is 0.255 e. The van der Waals surface area contributed by atoms with E-state index in [1.807, 2.05) is 4.90 Å². The van der Waals surface area contributed by atoms with Crippen LogP contribution in [0.3, 0.4) is 0 Å². The number of ether oxygens (including phenoxy) is 1. The summed E-state index contributed by atoms with van der Waals surface area (Å²) in [7, 11) is 1.61. The Morgan fingerprint density at radius 1 is 1.21 bits per heavy atom. The van der Waals surface area contributed by atoms with Gasteiger partial charge in [0.05, 0.1) is 30.3 Å². The van der Waals surface area contributed by atoms with Gasteiger partial charge in [-0.05, 0) is 44.4 Å². The van der Waals surface area contributed by atoms with Gasteiger partial charge in [-0.15, -0.1) is 0 Å². The van der Waals surface area contributed by atoms with Gasteiger partial charge >= 0.3 is 0 Å². The lowest BCUT2D eigenvalue weighted by Gasteiger charge is -2.38. The van der Waals surface area contributed by atoms with Crippen LogP contribution in [0, 0.1) is 5.92 Å². The van der Waals surface area contributed by atoms with Crippen molar-refractivity contribution in [3.05, 3.63) is 27.4 Å². The number of aromatic nitrogens is 2. The number of amides is 1. The Hall–Kier alpha value is -1.73. The molecule has 1 amide bonds. The first-order valence-corrected chi connectivity index (χ1v) is 11.2. The average Bonchev–Trinajstić information content (AvgIpc) is 3.22. The fourth-order valence-electron chi connectivity index (χ4n) is 5.22. The topological polar surface area (TPSA) is 78.5 Å². The van der Waals surface area contributed by atoms with Crippen LogP contribution in [0.25, 0.3) is 0 Å². The predicted molar refractivity (Wildman–Crippen MR) is 111 cm³/mol. The van der Waals surface area contributed by atoms with E-state index in [9.17, 15) is 9.59 Å².